The van der Waals surface area contributed by atoms with Crippen molar-refractivity contribution in [3.05, 3.63) is 29.8 Å². The summed E-state index contributed by atoms with van der Waals surface area (Å²) in [7, 11) is 1.45. The lowest BCUT2D eigenvalue weighted by molar-refractivity contribution is -0.133. The largest absolute Gasteiger partial charge is 0.336 e. The van der Waals surface area contributed by atoms with Crippen LogP contribution in [0.4, 0.5) is 14.5 Å². The zero-order chi connectivity index (χ0) is 15.3. The summed E-state index contributed by atoms with van der Waals surface area (Å²) in [4.78, 5) is 24.5. The van der Waals surface area contributed by atoms with Gasteiger partial charge in [-0.3, -0.25) is 9.59 Å². The molecular formula is C13H17F2N3O2. The molecule has 0 bridgehead atoms. The van der Waals surface area contributed by atoms with E-state index in [4.69, 9.17) is 5.73 Å². The summed E-state index contributed by atoms with van der Waals surface area (Å²) in [6, 6.07) is 2.38. The third-order valence-electron chi connectivity index (χ3n) is 2.45. The summed E-state index contributed by atoms with van der Waals surface area (Å²) in [5.41, 5.74) is 5.49. The quantitative estimate of drug-likeness (QED) is 0.850. The van der Waals surface area contributed by atoms with Gasteiger partial charge in [-0.05, 0) is 19.1 Å². The van der Waals surface area contributed by atoms with Crippen molar-refractivity contribution in [2.45, 2.75) is 19.4 Å². The smallest absolute Gasteiger partial charge is 0.243 e. The fourth-order valence-corrected chi connectivity index (χ4v) is 1.56. The van der Waals surface area contributed by atoms with Gasteiger partial charge < -0.3 is 16.0 Å². The van der Waals surface area contributed by atoms with Gasteiger partial charge in [-0.1, -0.05) is 0 Å². The second kappa shape index (κ2) is 6.95. The van der Waals surface area contributed by atoms with E-state index in [2.05, 4.69) is 5.32 Å². The average molecular weight is 285 g/mol. The maximum absolute atomic E-state index is 12.9. The van der Waals surface area contributed by atoms with E-state index in [1.165, 1.54) is 11.9 Å². The third-order valence-corrected chi connectivity index (χ3v) is 2.45. The number of nitrogens with zero attached hydrogens (tertiary/aromatic N) is 1. The first kappa shape index (κ1) is 16.0. The Kier molecular flexibility index (Phi) is 5.57. The van der Waals surface area contributed by atoms with Crippen LogP contribution in [0.2, 0.25) is 0 Å². The number of halogens is 2. The number of nitrogens with one attached hydrogen (secondary N) is 1. The van der Waals surface area contributed by atoms with Crippen molar-refractivity contribution < 1.29 is 18.4 Å². The highest BCUT2D eigenvalue weighted by Gasteiger charge is 2.14. The molecule has 0 aliphatic rings. The normalized spacial score (nSPS) is 11.8. The standard InChI is InChI=1S/C13H17F2N3O2/c1-8(16)3-13(20)18(2)7-12(19)17-11-5-9(14)4-10(15)6-11/h4-6,8H,3,7,16H2,1-2H3,(H,17,19). The molecule has 0 saturated carbocycles. The molecule has 0 spiro atoms. The van der Waals surface area contributed by atoms with E-state index < -0.39 is 17.5 Å². The Bertz CT molecular complexity index is 486. The van der Waals surface area contributed by atoms with E-state index >= 15 is 0 Å². The number of likely N-dealkylation sites (N-methyl/N-ethyl adjacent to an activating group) is 1. The van der Waals surface area contributed by atoms with Gasteiger partial charge in [-0.2, -0.15) is 0 Å². The van der Waals surface area contributed by atoms with Crippen LogP contribution in [0.15, 0.2) is 18.2 Å². The Morgan fingerprint density at radius 2 is 1.85 bits per heavy atom. The molecule has 5 nitrogen and oxygen atoms in total. The van der Waals surface area contributed by atoms with E-state index in [1.54, 1.807) is 6.92 Å². The van der Waals surface area contributed by atoms with Gasteiger partial charge in [0.15, 0.2) is 0 Å². The molecular weight excluding hydrogens is 268 g/mol. The summed E-state index contributed by atoms with van der Waals surface area (Å²) in [6.07, 6.45) is 0.123. The lowest BCUT2D eigenvalue weighted by Gasteiger charge is -2.17. The molecule has 3 N–H and O–H groups in total. The first-order chi connectivity index (χ1) is 9.27. The van der Waals surface area contributed by atoms with Crippen LogP contribution < -0.4 is 11.1 Å². The van der Waals surface area contributed by atoms with E-state index in [-0.39, 0.29) is 30.6 Å². The van der Waals surface area contributed by atoms with Crippen LogP contribution in [0.5, 0.6) is 0 Å². The lowest BCUT2D eigenvalue weighted by atomic mass is 10.2. The van der Waals surface area contributed by atoms with Gasteiger partial charge in [-0.25, -0.2) is 8.78 Å². The highest BCUT2D eigenvalue weighted by atomic mass is 19.1. The average Bonchev–Trinajstić information content (AvgIpc) is 2.25. The first-order valence-corrected chi connectivity index (χ1v) is 6.03. The molecule has 1 unspecified atom stereocenters. The van der Waals surface area contributed by atoms with Gasteiger partial charge in [0.25, 0.3) is 0 Å². The highest BCUT2D eigenvalue weighted by Crippen LogP contribution is 2.12. The maximum Gasteiger partial charge on any atom is 0.243 e. The maximum atomic E-state index is 12.9. The van der Waals surface area contributed by atoms with Crippen molar-refractivity contribution in [1.29, 1.82) is 0 Å². The molecule has 0 saturated heterocycles. The molecule has 2 amide bonds. The minimum absolute atomic E-state index is 0.000502. The van der Waals surface area contributed by atoms with Gasteiger partial charge in [0.2, 0.25) is 11.8 Å². The van der Waals surface area contributed by atoms with E-state index in [0.717, 1.165) is 12.1 Å². The number of amides is 2. The molecule has 0 radical (unpaired) electrons. The topological polar surface area (TPSA) is 75.4 Å². The Labute approximate surface area is 115 Å². The molecule has 1 aromatic rings. The Balaban J connectivity index is 2.57. The van der Waals surface area contributed by atoms with Gasteiger partial charge in [0, 0.05) is 31.3 Å². The van der Waals surface area contributed by atoms with Gasteiger partial charge in [0.05, 0.1) is 6.54 Å². The summed E-state index contributed by atoms with van der Waals surface area (Å²) in [6.45, 7) is 1.46. The van der Waals surface area contributed by atoms with E-state index in [1.807, 2.05) is 0 Å². The molecule has 0 aromatic heterocycles. The van der Waals surface area contributed by atoms with Crippen molar-refractivity contribution in [3.8, 4) is 0 Å². The predicted molar refractivity (Wildman–Crippen MR) is 70.9 cm³/mol. The van der Waals surface area contributed by atoms with Crippen molar-refractivity contribution >= 4 is 17.5 Å². The van der Waals surface area contributed by atoms with Crippen molar-refractivity contribution in [2.24, 2.45) is 5.73 Å². The van der Waals surface area contributed by atoms with Crippen LogP contribution in [0.1, 0.15) is 13.3 Å². The Hall–Kier alpha value is -2.02. The highest BCUT2D eigenvalue weighted by molar-refractivity contribution is 5.94. The minimum Gasteiger partial charge on any atom is -0.336 e. The van der Waals surface area contributed by atoms with Gasteiger partial charge in [0.1, 0.15) is 11.6 Å². The lowest BCUT2D eigenvalue weighted by Crippen LogP contribution is -2.37. The summed E-state index contributed by atoms with van der Waals surface area (Å²) < 4.78 is 25.9. The fraction of sp³-hybridized carbons (Fsp3) is 0.385. The van der Waals surface area contributed by atoms with Crippen LogP contribution in [-0.4, -0.2) is 36.3 Å². The van der Waals surface area contributed by atoms with Crippen molar-refractivity contribution in [1.82, 2.24) is 4.90 Å². The zero-order valence-electron chi connectivity index (χ0n) is 11.3. The number of rotatable bonds is 5. The van der Waals surface area contributed by atoms with Crippen molar-refractivity contribution in [2.75, 3.05) is 18.9 Å². The second-order valence-electron chi connectivity index (χ2n) is 4.64. The van der Waals surface area contributed by atoms with Crippen LogP contribution >= 0.6 is 0 Å². The van der Waals surface area contributed by atoms with Crippen LogP contribution in [-0.2, 0) is 9.59 Å². The Morgan fingerprint density at radius 3 is 2.35 bits per heavy atom. The molecule has 1 aromatic carbocycles. The number of anilines is 1. The molecule has 0 aliphatic heterocycles. The predicted octanol–water partition coefficient (Wildman–Crippen LogP) is 1.10. The number of carbonyl (C=O) groups is 2. The molecule has 0 fully saturated rings. The number of benzene rings is 1. The molecule has 0 heterocycles. The third kappa shape index (κ3) is 5.31. The van der Waals surface area contributed by atoms with Crippen molar-refractivity contribution in [3.63, 3.8) is 0 Å². The molecule has 20 heavy (non-hydrogen) atoms. The summed E-state index contributed by atoms with van der Waals surface area (Å²) in [5.74, 6) is -2.40. The zero-order valence-corrected chi connectivity index (χ0v) is 11.3. The molecule has 110 valence electrons. The van der Waals surface area contributed by atoms with E-state index in [9.17, 15) is 18.4 Å². The second-order valence-corrected chi connectivity index (χ2v) is 4.64. The van der Waals surface area contributed by atoms with Gasteiger partial charge >= 0.3 is 0 Å². The number of carbonyl (C=O) groups excluding carboxylic acids is 2. The summed E-state index contributed by atoms with van der Waals surface area (Å²) in [5, 5.41) is 2.32. The minimum atomic E-state index is -0.790. The number of nitrogens with two attached hydrogens (primary N) is 1. The molecule has 1 atom stereocenters. The fourth-order valence-electron chi connectivity index (χ4n) is 1.56. The Morgan fingerprint density at radius 1 is 1.30 bits per heavy atom. The molecule has 1 rings (SSSR count). The number of hydrogen-bond acceptors (Lipinski definition) is 3. The summed E-state index contributed by atoms with van der Waals surface area (Å²) >= 11 is 0. The number of hydrogen-bond donors (Lipinski definition) is 2. The van der Waals surface area contributed by atoms with Crippen LogP contribution in [0, 0.1) is 11.6 Å². The van der Waals surface area contributed by atoms with Crippen LogP contribution in [0.3, 0.4) is 0 Å². The monoisotopic (exact) mass is 285 g/mol. The van der Waals surface area contributed by atoms with E-state index in [0.29, 0.717) is 6.07 Å². The SMILES string of the molecule is CC(N)CC(=O)N(C)CC(=O)Nc1cc(F)cc(F)c1. The molecule has 0 aliphatic carbocycles. The van der Waals surface area contributed by atoms with Crippen LogP contribution in [0.25, 0.3) is 0 Å². The van der Waals surface area contributed by atoms with Gasteiger partial charge in [-0.15, -0.1) is 0 Å². The first-order valence-electron chi connectivity index (χ1n) is 6.03. The molecule has 7 heteroatoms.